The summed E-state index contributed by atoms with van der Waals surface area (Å²) in [6, 6.07) is 2.13. The molecule has 1 unspecified atom stereocenters. The van der Waals surface area contributed by atoms with E-state index in [1.54, 1.807) is 0 Å². The molecule has 182 valence electrons. The Kier molecular flexibility index (Phi) is 15.0. The molecule has 0 aliphatic heterocycles. The van der Waals surface area contributed by atoms with Gasteiger partial charge in [-0.25, -0.2) is 0 Å². The van der Waals surface area contributed by atoms with Crippen LogP contribution in [0.5, 0.6) is 0 Å². The summed E-state index contributed by atoms with van der Waals surface area (Å²) in [7, 11) is -8.93. The third-order valence-corrected chi connectivity index (χ3v) is 20.6. The summed E-state index contributed by atoms with van der Waals surface area (Å²) in [5.41, 5.74) is 0. The van der Waals surface area contributed by atoms with E-state index in [9.17, 15) is 5.11 Å². The van der Waals surface area contributed by atoms with Crippen molar-refractivity contribution in [2.24, 2.45) is 0 Å². The van der Waals surface area contributed by atoms with Gasteiger partial charge in [-0.1, -0.05) is 38.5 Å². The molecule has 0 aliphatic rings. The number of hydrogen-bond acceptors (Lipinski definition) is 6. The van der Waals surface area contributed by atoms with Crippen LogP contribution in [-0.4, -0.2) is 68.5 Å². The van der Waals surface area contributed by atoms with Crippen LogP contribution in [0.3, 0.4) is 0 Å². The zero-order chi connectivity index (χ0) is 23.3. The van der Waals surface area contributed by atoms with Crippen LogP contribution in [-0.2, 0) is 12.3 Å². The van der Waals surface area contributed by atoms with E-state index in [4.69, 9.17) is 22.6 Å². The summed E-state index contributed by atoms with van der Waals surface area (Å²) in [6.07, 6.45) is 8.30. The van der Waals surface area contributed by atoms with Gasteiger partial charge in [-0.2, -0.15) is 0 Å². The molecule has 30 heavy (non-hydrogen) atoms. The molecule has 0 radical (unpaired) electrons. The first-order valence-corrected chi connectivity index (χ1v) is 23.3. The second kappa shape index (κ2) is 14.7. The van der Waals surface area contributed by atoms with Gasteiger partial charge < -0.3 is 27.7 Å². The summed E-state index contributed by atoms with van der Waals surface area (Å²) in [4.78, 5) is 0. The first kappa shape index (κ1) is 30.6. The molecule has 3 N–H and O–H groups in total. The van der Waals surface area contributed by atoms with E-state index >= 15 is 0 Å². The van der Waals surface area contributed by atoms with Gasteiger partial charge in [-0.05, 0) is 70.8 Å². The van der Waals surface area contributed by atoms with Crippen molar-refractivity contribution >= 4 is 33.8 Å². The fourth-order valence-electron chi connectivity index (χ4n) is 4.01. The van der Waals surface area contributed by atoms with Crippen LogP contribution in [0.1, 0.15) is 51.4 Å². The standard InChI is InChI=1S/C20H50O6Si4/c1-27(2,18-14-10-8-12-16-21)24-29(5,6)26-30(7,20-23)25-28(3,4)19-15-11-9-13-17-22/h21-23H,8-20H2,1-7H3. The van der Waals surface area contributed by atoms with Gasteiger partial charge in [-0.15, -0.1) is 0 Å². The van der Waals surface area contributed by atoms with Gasteiger partial charge >= 0.3 is 17.1 Å². The predicted molar refractivity (Wildman–Crippen MR) is 135 cm³/mol. The number of hydrogen-bond donors (Lipinski definition) is 3. The van der Waals surface area contributed by atoms with Gasteiger partial charge in [0.15, 0.2) is 16.6 Å². The Balaban J connectivity index is 4.71. The largest absolute Gasteiger partial charge is 0.436 e. The van der Waals surface area contributed by atoms with Crippen molar-refractivity contribution < 1.29 is 27.7 Å². The molecule has 1 atom stereocenters. The zero-order valence-corrected chi connectivity index (χ0v) is 24.8. The second-order valence-corrected chi connectivity index (χ2v) is 26.2. The number of aliphatic hydroxyl groups excluding tert-OH is 3. The van der Waals surface area contributed by atoms with Crippen molar-refractivity contribution in [1.29, 1.82) is 0 Å². The molecule has 0 saturated heterocycles. The molecule has 0 heterocycles. The lowest BCUT2D eigenvalue weighted by Gasteiger charge is -2.41. The molecular formula is C20H50O6Si4. The molecular weight excluding hydrogens is 449 g/mol. The van der Waals surface area contributed by atoms with Crippen LogP contribution in [0.25, 0.3) is 0 Å². The zero-order valence-electron chi connectivity index (χ0n) is 20.8. The van der Waals surface area contributed by atoms with Gasteiger partial charge in [0.25, 0.3) is 0 Å². The molecule has 0 spiro atoms. The number of aliphatic hydroxyl groups is 3. The van der Waals surface area contributed by atoms with Gasteiger partial charge in [0.1, 0.15) is 0 Å². The van der Waals surface area contributed by atoms with Crippen molar-refractivity contribution in [2.75, 3.05) is 19.4 Å². The second-order valence-electron chi connectivity index (χ2n) is 10.3. The maximum absolute atomic E-state index is 10.1. The summed E-state index contributed by atoms with van der Waals surface area (Å²) < 4.78 is 19.7. The van der Waals surface area contributed by atoms with Gasteiger partial charge in [-0.3, -0.25) is 0 Å². The monoisotopic (exact) mass is 498 g/mol. The average molecular weight is 499 g/mol. The van der Waals surface area contributed by atoms with Crippen LogP contribution in [0.15, 0.2) is 0 Å². The molecule has 0 amide bonds. The van der Waals surface area contributed by atoms with Crippen LogP contribution >= 0.6 is 0 Å². The molecule has 0 bridgehead atoms. The summed E-state index contributed by atoms with van der Waals surface area (Å²) in [6.45, 7) is 15.6. The highest BCUT2D eigenvalue weighted by Gasteiger charge is 2.45. The van der Waals surface area contributed by atoms with Gasteiger partial charge in [0.05, 0.1) is 6.23 Å². The molecule has 0 aliphatic carbocycles. The minimum Gasteiger partial charge on any atom is -0.436 e. The molecule has 10 heteroatoms. The first-order chi connectivity index (χ1) is 13.8. The predicted octanol–water partition coefficient (Wildman–Crippen LogP) is 4.86. The smallest absolute Gasteiger partial charge is 0.342 e. The van der Waals surface area contributed by atoms with Crippen molar-refractivity contribution in [3.63, 3.8) is 0 Å². The van der Waals surface area contributed by atoms with E-state index in [1.807, 2.05) is 6.55 Å². The lowest BCUT2D eigenvalue weighted by atomic mass is 10.2. The minimum atomic E-state index is -2.71. The third-order valence-electron chi connectivity index (χ3n) is 5.14. The summed E-state index contributed by atoms with van der Waals surface area (Å²) in [5, 5.41) is 28.0. The normalized spacial score (nSPS) is 15.4. The maximum atomic E-state index is 10.1. The van der Waals surface area contributed by atoms with Crippen LogP contribution < -0.4 is 0 Å². The fraction of sp³-hybridized carbons (Fsp3) is 1.00. The third kappa shape index (κ3) is 15.4. The molecule has 0 saturated carbocycles. The average Bonchev–Trinajstić information content (AvgIpc) is 2.59. The van der Waals surface area contributed by atoms with Crippen molar-refractivity contribution in [3.8, 4) is 0 Å². The molecule has 0 aromatic heterocycles. The molecule has 0 aromatic carbocycles. The number of unbranched alkanes of at least 4 members (excludes halogenated alkanes) is 6. The van der Waals surface area contributed by atoms with Gasteiger partial charge in [0, 0.05) is 13.2 Å². The SMILES string of the molecule is C[Si](C)(CCCCCCO)O[Si](C)(C)O[Si](C)(CO)O[Si](C)(C)CCCCCCO. The number of rotatable bonds is 19. The Morgan fingerprint density at radius 3 is 1.30 bits per heavy atom. The Morgan fingerprint density at radius 1 is 0.500 bits per heavy atom. The Bertz CT molecular complexity index is 451. The van der Waals surface area contributed by atoms with Crippen LogP contribution in [0, 0.1) is 0 Å². The van der Waals surface area contributed by atoms with Gasteiger partial charge in [0.2, 0.25) is 0 Å². The van der Waals surface area contributed by atoms with E-state index in [0.29, 0.717) is 0 Å². The summed E-state index contributed by atoms with van der Waals surface area (Å²) >= 11 is 0. The minimum absolute atomic E-state index is 0.0448. The molecule has 6 nitrogen and oxygen atoms in total. The van der Waals surface area contributed by atoms with Crippen molar-refractivity contribution in [1.82, 2.24) is 0 Å². The molecule has 0 aromatic rings. The Hall–Kier alpha value is 0.628. The molecule has 0 fully saturated rings. The molecule has 0 rings (SSSR count). The van der Waals surface area contributed by atoms with Crippen molar-refractivity contribution in [2.45, 2.75) is 109 Å². The van der Waals surface area contributed by atoms with E-state index < -0.39 is 33.8 Å². The highest BCUT2D eigenvalue weighted by atomic mass is 28.5. The Morgan fingerprint density at radius 2 is 0.900 bits per heavy atom. The van der Waals surface area contributed by atoms with E-state index in [0.717, 1.165) is 63.5 Å². The van der Waals surface area contributed by atoms with E-state index in [2.05, 4.69) is 39.3 Å². The first-order valence-electron chi connectivity index (χ1n) is 11.7. The quantitative estimate of drug-likeness (QED) is 0.174. The van der Waals surface area contributed by atoms with E-state index in [-0.39, 0.29) is 19.4 Å². The van der Waals surface area contributed by atoms with E-state index in [1.165, 1.54) is 0 Å². The van der Waals surface area contributed by atoms with Crippen LogP contribution in [0.4, 0.5) is 0 Å². The topological polar surface area (TPSA) is 88.4 Å². The highest BCUT2D eigenvalue weighted by molar-refractivity contribution is 6.89. The summed E-state index contributed by atoms with van der Waals surface area (Å²) in [5.74, 6) is 0. The fourth-order valence-corrected chi connectivity index (χ4v) is 22.8. The maximum Gasteiger partial charge on any atom is 0.342 e. The lowest BCUT2D eigenvalue weighted by molar-refractivity contribution is 0.257. The van der Waals surface area contributed by atoms with Crippen LogP contribution in [0.2, 0.25) is 57.9 Å². The Labute approximate surface area is 190 Å². The lowest BCUT2D eigenvalue weighted by Crippen LogP contribution is -2.59. The highest BCUT2D eigenvalue weighted by Crippen LogP contribution is 2.28. The van der Waals surface area contributed by atoms with Crippen molar-refractivity contribution in [3.05, 3.63) is 0 Å².